The third kappa shape index (κ3) is 4.35. The Balaban J connectivity index is 2.46. The zero-order valence-electron chi connectivity index (χ0n) is 9.76. The maximum Gasteiger partial charge on any atom is 0.402 e. The number of unbranched alkanes of at least 4 members (excludes halogenated alkanes) is 3. The van der Waals surface area contributed by atoms with Gasteiger partial charge in [-0.2, -0.15) is 0 Å². The molecule has 1 aromatic rings. The molecule has 1 aromatic carbocycles. The van der Waals surface area contributed by atoms with Crippen molar-refractivity contribution in [3.05, 3.63) is 29.8 Å². The smallest absolute Gasteiger partial charge is 0.402 e. The first-order chi connectivity index (χ1) is 7.54. The van der Waals surface area contributed by atoms with Crippen molar-refractivity contribution in [3.8, 4) is 0 Å². The van der Waals surface area contributed by atoms with E-state index in [4.69, 9.17) is 15.1 Å². The van der Waals surface area contributed by atoms with Gasteiger partial charge in [-0.3, -0.25) is 0 Å². The summed E-state index contributed by atoms with van der Waals surface area (Å²) in [6, 6.07) is 6.80. The van der Waals surface area contributed by atoms with Crippen LogP contribution >= 0.6 is 0 Å². The number of benzene rings is 1. The van der Waals surface area contributed by atoms with Crippen molar-refractivity contribution in [3.63, 3.8) is 0 Å². The summed E-state index contributed by atoms with van der Waals surface area (Å²) < 4.78 is 0. The van der Waals surface area contributed by atoms with Crippen molar-refractivity contribution in [1.29, 1.82) is 0 Å². The lowest BCUT2D eigenvalue weighted by Gasteiger charge is -2.21. The van der Waals surface area contributed by atoms with Gasteiger partial charge in [0.25, 0.3) is 0 Å². The molecule has 0 aliphatic rings. The summed E-state index contributed by atoms with van der Waals surface area (Å²) in [6.07, 6.45) is 5.87. The lowest BCUT2D eigenvalue weighted by atomic mass is 9.71. The normalized spacial score (nSPS) is 11.8. The molecule has 4 heteroatoms. The molecule has 0 aromatic heterocycles. The Morgan fingerprint density at radius 2 is 1.56 bits per heavy atom. The minimum Gasteiger partial charge on any atom is -0.556 e. The molecule has 0 unspecified atom stereocenters. The van der Waals surface area contributed by atoms with Gasteiger partial charge in [-0.15, -0.1) is 5.46 Å². The second kappa shape index (κ2) is 6.04. The van der Waals surface area contributed by atoms with E-state index in [1.165, 1.54) is 24.8 Å². The first kappa shape index (κ1) is 13.2. The molecular formula is C12H20BO3-. The van der Waals surface area contributed by atoms with E-state index in [1.807, 2.05) is 12.1 Å². The first-order valence-corrected chi connectivity index (χ1v) is 5.95. The van der Waals surface area contributed by atoms with Gasteiger partial charge in [-0.25, -0.2) is 0 Å². The highest BCUT2D eigenvalue weighted by Gasteiger charge is 2.17. The molecule has 0 radical (unpaired) electrons. The molecular weight excluding hydrogens is 203 g/mol. The summed E-state index contributed by atoms with van der Waals surface area (Å²) in [5, 5.41) is 27.0. The molecule has 0 aliphatic carbocycles. The summed E-state index contributed by atoms with van der Waals surface area (Å²) in [4.78, 5) is 0. The minimum atomic E-state index is -3.34. The van der Waals surface area contributed by atoms with Gasteiger partial charge >= 0.3 is 6.75 Å². The molecule has 3 N–H and O–H groups in total. The predicted molar refractivity (Wildman–Crippen MR) is 66.3 cm³/mol. The third-order valence-electron chi connectivity index (χ3n) is 2.75. The van der Waals surface area contributed by atoms with E-state index in [1.54, 1.807) is 12.1 Å². The fraction of sp³-hybridized carbons (Fsp3) is 0.500. The fourth-order valence-electron chi connectivity index (χ4n) is 1.70. The van der Waals surface area contributed by atoms with E-state index in [0.717, 1.165) is 12.8 Å². The maximum atomic E-state index is 9.00. The number of aryl methyl sites for hydroxylation is 1. The van der Waals surface area contributed by atoms with Crippen LogP contribution in [-0.2, 0) is 6.42 Å². The molecule has 16 heavy (non-hydrogen) atoms. The number of rotatable bonds is 6. The third-order valence-corrected chi connectivity index (χ3v) is 2.75. The summed E-state index contributed by atoms with van der Waals surface area (Å²) in [7, 11) is 0. The average molecular weight is 223 g/mol. The number of hydrogen-bond donors (Lipinski definition) is 3. The molecule has 1 rings (SSSR count). The Labute approximate surface area is 96.8 Å². The van der Waals surface area contributed by atoms with Crippen molar-refractivity contribution in [2.45, 2.75) is 39.0 Å². The van der Waals surface area contributed by atoms with Crippen LogP contribution in [0.15, 0.2) is 24.3 Å². The Bertz CT molecular complexity index is 303. The standard InChI is InChI=1S/C12H20BO3/c1-2-3-4-5-6-11-7-9-12(10-8-11)13(14,15)16/h7-10,14-16H,2-6H2,1H3/q-1. The zero-order chi connectivity index (χ0) is 12.0. The van der Waals surface area contributed by atoms with Gasteiger partial charge in [-0.1, -0.05) is 50.5 Å². The van der Waals surface area contributed by atoms with Crippen LogP contribution in [-0.4, -0.2) is 21.8 Å². The minimum absolute atomic E-state index is 0.164. The second-order valence-corrected chi connectivity index (χ2v) is 4.29. The van der Waals surface area contributed by atoms with E-state index < -0.39 is 6.75 Å². The van der Waals surface area contributed by atoms with Crippen LogP contribution in [0.3, 0.4) is 0 Å². The van der Waals surface area contributed by atoms with E-state index >= 15 is 0 Å². The summed E-state index contributed by atoms with van der Waals surface area (Å²) in [5.41, 5.74) is 1.33. The quantitative estimate of drug-likeness (QED) is 0.496. The van der Waals surface area contributed by atoms with Gasteiger partial charge in [0.15, 0.2) is 0 Å². The van der Waals surface area contributed by atoms with Crippen LogP contribution in [0.1, 0.15) is 38.2 Å². The van der Waals surface area contributed by atoms with Crippen molar-refractivity contribution in [2.24, 2.45) is 0 Å². The van der Waals surface area contributed by atoms with E-state index in [9.17, 15) is 0 Å². The molecule has 0 bridgehead atoms. The molecule has 0 spiro atoms. The van der Waals surface area contributed by atoms with E-state index in [0.29, 0.717) is 0 Å². The van der Waals surface area contributed by atoms with Crippen molar-refractivity contribution in [2.75, 3.05) is 0 Å². The zero-order valence-corrected chi connectivity index (χ0v) is 9.76. The number of hydrogen-bond acceptors (Lipinski definition) is 3. The fourth-order valence-corrected chi connectivity index (χ4v) is 1.70. The van der Waals surface area contributed by atoms with Crippen LogP contribution in [0, 0.1) is 0 Å². The van der Waals surface area contributed by atoms with Crippen molar-refractivity contribution in [1.82, 2.24) is 0 Å². The molecule has 0 heterocycles. The van der Waals surface area contributed by atoms with Crippen LogP contribution in [0.4, 0.5) is 0 Å². The van der Waals surface area contributed by atoms with Gasteiger partial charge in [0.05, 0.1) is 0 Å². The highest BCUT2D eigenvalue weighted by molar-refractivity contribution is 6.71. The molecule has 0 fully saturated rings. The molecule has 0 atom stereocenters. The Kier molecular flexibility index (Phi) is 4.99. The summed E-state index contributed by atoms with van der Waals surface area (Å²) in [6.45, 7) is -1.16. The summed E-state index contributed by atoms with van der Waals surface area (Å²) >= 11 is 0. The molecule has 0 saturated heterocycles. The van der Waals surface area contributed by atoms with Gasteiger partial charge in [-0.05, 0) is 18.4 Å². The molecule has 0 aliphatic heterocycles. The molecule has 90 valence electrons. The monoisotopic (exact) mass is 223 g/mol. The lowest BCUT2D eigenvalue weighted by Crippen LogP contribution is -2.48. The Morgan fingerprint density at radius 1 is 0.938 bits per heavy atom. The van der Waals surface area contributed by atoms with Crippen LogP contribution < -0.4 is 5.46 Å². The summed E-state index contributed by atoms with van der Waals surface area (Å²) in [5.74, 6) is 0. The molecule has 0 amide bonds. The highest BCUT2D eigenvalue weighted by Crippen LogP contribution is 2.07. The van der Waals surface area contributed by atoms with E-state index in [-0.39, 0.29) is 5.46 Å². The van der Waals surface area contributed by atoms with Crippen molar-refractivity contribution >= 4 is 12.2 Å². The molecule has 3 nitrogen and oxygen atoms in total. The largest absolute Gasteiger partial charge is 0.556 e. The molecule has 0 saturated carbocycles. The van der Waals surface area contributed by atoms with Gasteiger partial charge < -0.3 is 15.1 Å². The Hall–Kier alpha value is -0.835. The van der Waals surface area contributed by atoms with E-state index in [2.05, 4.69) is 6.92 Å². The second-order valence-electron chi connectivity index (χ2n) is 4.29. The Morgan fingerprint density at radius 3 is 2.06 bits per heavy atom. The maximum absolute atomic E-state index is 9.00. The predicted octanol–water partition coefficient (Wildman–Crippen LogP) is 0.932. The van der Waals surface area contributed by atoms with Crippen LogP contribution in [0.5, 0.6) is 0 Å². The first-order valence-electron chi connectivity index (χ1n) is 5.95. The van der Waals surface area contributed by atoms with Crippen LogP contribution in [0.2, 0.25) is 0 Å². The van der Waals surface area contributed by atoms with Gasteiger partial charge in [0, 0.05) is 0 Å². The van der Waals surface area contributed by atoms with Crippen LogP contribution in [0.25, 0.3) is 0 Å². The lowest BCUT2D eigenvalue weighted by molar-refractivity contribution is 0.249. The van der Waals surface area contributed by atoms with Gasteiger partial charge in [0.2, 0.25) is 0 Å². The average Bonchev–Trinajstić information content (AvgIpc) is 2.24. The SMILES string of the molecule is CCCCCCc1ccc([B-](O)(O)O)cc1. The topological polar surface area (TPSA) is 60.7 Å². The van der Waals surface area contributed by atoms with Gasteiger partial charge in [0.1, 0.15) is 0 Å². The highest BCUT2D eigenvalue weighted by atomic mass is 16.5. The van der Waals surface area contributed by atoms with Crippen molar-refractivity contribution < 1.29 is 15.1 Å².